The molecule has 3 aromatic rings. The molecule has 0 aliphatic carbocycles. The largest absolute Gasteiger partial charge is 0.504 e. The predicted molar refractivity (Wildman–Crippen MR) is 75.4 cm³/mol. The van der Waals surface area contributed by atoms with Crippen LogP contribution in [0, 0.1) is 0 Å². The molecular weight excluding hydrogens is 295 g/mol. The maximum atomic E-state index is 12.7. The van der Waals surface area contributed by atoms with Crippen LogP contribution in [-0.4, -0.2) is 21.4 Å². The van der Waals surface area contributed by atoms with E-state index in [0.717, 1.165) is 6.20 Å². The van der Waals surface area contributed by atoms with Gasteiger partial charge in [0.15, 0.2) is 0 Å². The molecule has 0 saturated heterocycles. The van der Waals surface area contributed by atoms with Crippen molar-refractivity contribution in [2.45, 2.75) is 13.2 Å². The fraction of sp³-hybridized carbons (Fsp3) is 0.200. The van der Waals surface area contributed by atoms with Gasteiger partial charge in [-0.3, -0.25) is 4.98 Å². The van der Waals surface area contributed by atoms with Crippen LogP contribution in [0.5, 0.6) is 5.75 Å². The van der Waals surface area contributed by atoms with E-state index < -0.39 is 6.30 Å². The van der Waals surface area contributed by atoms with Crippen molar-refractivity contribution >= 4 is 10.9 Å². The lowest BCUT2D eigenvalue weighted by Gasteiger charge is -2.11. The van der Waals surface area contributed by atoms with Gasteiger partial charge >= 0.3 is 6.30 Å². The number of alkyl halides is 3. The molecule has 4 nitrogen and oxygen atoms in total. The quantitative estimate of drug-likeness (QED) is 0.735. The van der Waals surface area contributed by atoms with Crippen molar-refractivity contribution in [3.05, 3.63) is 42.7 Å². The van der Waals surface area contributed by atoms with E-state index in [0.29, 0.717) is 28.8 Å². The van der Waals surface area contributed by atoms with E-state index in [-0.39, 0.29) is 10.4 Å². The molecule has 0 radical (unpaired) electrons. The third-order valence-electron chi connectivity index (χ3n) is 3.15. The highest BCUT2D eigenvalue weighted by molar-refractivity contribution is 5.96. The summed E-state index contributed by atoms with van der Waals surface area (Å²) in [6.07, 6.45) is -2.15. The molecule has 7 heteroatoms. The summed E-state index contributed by atoms with van der Waals surface area (Å²) >= 11 is 0. The number of hydrogen-bond acceptors (Lipinski definition) is 3. The smallest absolute Gasteiger partial charge is 0.492 e. The van der Waals surface area contributed by atoms with Gasteiger partial charge in [-0.1, -0.05) is 18.2 Å². The monoisotopic (exact) mass is 307 g/mol. The Kier molecular flexibility index (Phi) is 3.48. The van der Waals surface area contributed by atoms with Gasteiger partial charge in [-0.2, -0.15) is 9.78 Å². The number of rotatable bonds is 3. The third-order valence-corrected chi connectivity index (χ3v) is 3.15. The fourth-order valence-corrected chi connectivity index (χ4v) is 2.25. The van der Waals surface area contributed by atoms with E-state index in [9.17, 15) is 13.2 Å². The molecule has 0 aliphatic rings. The zero-order valence-corrected chi connectivity index (χ0v) is 11.6. The SMILES string of the molecule is CCOc1cnc2ccccc2c1-c1ccn(C(F)(F)F)n1. The second kappa shape index (κ2) is 5.32. The Morgan fingerprint density at radius 1 is 1.18 bits per heavy atom. The molecule has 0 spiro atoms. The highest BCUT2D eigenvalue weighted by Crippen LogP contribution is 2.35. The van der Waals surface area contributed by atoms with Gasteiger partial charge in [0.25, 0.3) is 0 Å². The first-order valence-corrected chi connectivity index (χ1v) is 6.64. The van der Waals surface area contributed by atoms with Crippen molar-refractivity contribution < 1.29 is 17.9 Å². The van der Waals surface area contributed by atoms with Gasteiger partial charge < -0.3 is 4.74 Å². The first kappa shape index (κ1) is 14.4. The van der Waals surface area contributed by atoms with E-state index in [1.807, 2.05) is 6.07 Å². The topological polar surface area (TPSA) is 39.9 Å². The number of benzene rings is 1. The number of para-hydroxylation sites is 1. The number of aromatic nitrogens is 3. The molecule has 0 fully saturated rings. The zero-order valence-electron chi connectivity index (χ0n) is 11.6. The normalized spacial score (nSPS) is 11.8. The Labute approximate surface area is 124 Å². The molecule has 3 rings (SSSR count). The first-order valence-electron chi connectivity index (χ1n) is 6.64. The average molecular weight is 307 g/mol. The first-order chi connectivity index (χ1) is 10.5. The lowest BCUT2D eigenvalue weighted by atomic mass is 10.1. The number of pyridine rings is 1. The van der Waals surface area contributed by atoms with Crippen LogP contribution in [0.1, 0.15) is 6.92 Å². The van der Waals surface area contributed by atoms with Crippen molar-refractivity contribution in [2.24, 2.45) is 0 Å². The Hall–Kier alpha value is -2.57. The van der Waals surface area contributed by atoms with Crippen LogP contribution in [0.3, 0.4) is 0 Å². The summed E-state index contributed by atoms with van der Waals surface area (Å²) in [6, 6.07) is 8.50. The van der Waals surface area contributed by atoms with Gasteiger partial charge in [0.05, 0.1) is 29.6 Å². The van der Waals surface area contributed by atoms with Crippen LogP contribution in [0.25, 0.3) is 22.2 Å². The highest BCUT2D eigenvalue weighted by atomic mass is 19.4. The summed E-state index contributed by atoms with van der Waals surface area (Å²) in [4.78, 5) is 4.26. The van der Waals surface area contributed by atoms with Gasteiger partial charge in [0, 0.05) is 11.6 Å². The van der Waals surface area contributed by atoms with Gasteiger partial charge in [-0.15, -0.1) is 13.2 Å². The molecule has 2 aromatic heterocycles. The fourth-order valence-electron chi connectivity index (χ4n) is 2.25. The van der Waals surface area contributed by atoms with Crippen LogP contribution in [-0.2, 0) is 6.30 Å². The molecule has 0 atom stereocenters. The van der Waals surface area contributed by atoms with Crippen molar-refractivity contribution in [1.82, 2.24) is 14.8 Å². The van der Waals surface area contributed by atoms with E-state index in [2.05, 4.69) is 10.1 Å². The summed E-state index contributed by atoms with van der Waals surface area (Å²) in [5.74, 6) is 0.411. The van der Waals surface area contributed by atoms with Crippen LogP contribution in [0.15, 0.2) is 42.7 Å². The summed E-state index contributed by atoms with van der Waals surface area (Å²) in [6.45, 7) is 2.18. The van der Waals surface area contributed by atoms with E-state index >= 15 is 0 Å². The summed E-state index contributed by atoms with van der Waals surface area (Å²) in [5.41, 5.74) is 1.37. The number of ether oxygens (including phenoxy) is 1. The van der Waals surface area contributed by atoms with Crippen molar-refractivity contribution in [3.63, 3.8) is 0 Å². The number of nitrogens with zero attached hydrogens (tertiary/aromatic N) is 3. The predicted octanol–water partition coefficient (Wildman–Crippen LogP) is 3.97. The van der Waals surface area contributed by atoms with Gasteiger partial charge in [0.2, 0.25) is 0 Å². The molecule has 0 aliphatic heterocycles. The Morgan fingerprint density at radius 2 is 1.95 bits per heavy atom. The average Bonchev–Trinajstić information content (AvgIpc) is 2.97. The minimum absolute atomic E-state index is 0.0206. The van der Waals surface area contributed by atoms with E-state index in [1.165, 1.54) is 12.3 Å². The molecular formula is C15H12F3N3O. The van der Waals surface area contributed by atoms with Crippen molar-refractivity contribution in [1.29, 1.82) is 0 Å². The molecule has 0 N–H and O–H groups in total. The molecule has 0 unspecified atom stereocenters. The zero-order chi connectivity index (χ0) is 15.7. The second-order valence-electron chi connectivity index (χ2n) is 4.56. The Morgan fingerprint density at radius 3 is 2.64 bits per heavy atom. The van der Waals surface area contributed by atoms with Crippen molar-refractivity contribution in [2.75, 3.05) is 6.61 Å². The van der Waals surface area contributed by atoms with Crippen LogP contribution < -0.4 is 4.74 Å². The molecule has 0 bridgehead atoms. The van der Waals surface area contributed by atoms with E-state index in [1.54, 1.807) is 25.1 Å². The summed E-state index contributed by atoms with van der Waals surface area (Å²) < 4.78 is 43.7. The lowest BCUT2D eigenvalue weighted by Crippen LogP contribution is -2.17. The minimum Gasteiger partial charge on any atom is -0.492 e. The Balaban J connectivity index is 2.23. The molecule has 1 aromatic carbocycles. The van der Waals surface area contributed by atoms with Gasteiger partial charge in [-0.05, 0) is 19.1 Å². The van der Waals surface area contributed by atoms with Gasteiger partial charge in [-0.25, -0.2) is 0 Å². The molecule has 0 saturated carbocycles. The molecule has 114 valence electrons. The maximum absolute atomic E-state index is 12.7. The lowest BCUT2D eigenvalue weighted by molar-refractivity contribution is -0.212. The maximum Gasteiger partial charge on any atom is 0.504 e. The highest BCUT2D eigenvalue weighted by Gasteiger charge is 2.32. The standard InChI is InChI=1S/C15H12F3N3O/c1-2-22-13-9-19-11-6-4-3-5-10(11)14(13)12-7-8-21(20-12)15(16,17)18/h3-9H,2H2,1H3. The number of fused-ring (bicyclic) bond motifs is 1. The molecule has 0 amide bonds. The number of hydrogen-bond donors (Lipinski definition) is 0. The van der Waals surface area contributed by atoms with Crippen LogP contribution >= 0.6 is 0 Å². The molecule has 22 heavy (non-hydrogen) atoms. The third kappa shape index (κ3) is 2.49. The number of halogens is 3. The molecule has 2 heterocycles. The Bertz CT molecular complexity index is 811. The summed E-state index contributed by atoms with van der Waals surface area (Å²) in [7, 11) is 0. The van der Waals surface area contributed by atoms with Crippen molar-refractivity contribution in [3.8, 4) is 17.0 Å². The van der Waals surface area contributed by atoms with Crippen LogP contribution in [0.4, 0.5) is 13.2 Å². The summed E-state index contributed by atoms with van der Waals surface area (Å²) in [5, 5.41) is 4.32. The van der Waals surface area contributed by atoms with Crippen LogP contribution in [0.2, 0.25) is 0 Å². The van der Waals surface area contributed by atoms with E-state index in [4.69, 9.17) is 4.74 Å². The van der Waals surface area contributed by atoms with Gasteiger partial charge in [0.1, 0.15) is 5.75 Å². The second-order valence-corrected chi connectivity index (χ2v) is 4.56. The minimum atomic E-state index is -4.55.